The third-order valence-corrected chi connectivity index (χ3v) is 2.30. The lowest BCUT2D eigenvalue weighted by Crippen LogP contribution is -2.30. The zero-order valence-corrected chi connectivity index (χ0v) is 7.66. The summed E-state index contributed by atoms with van der Waals surface area (Å²) < 4.78 is 9.68. The highest BCUT2D eigenvalue weighted by atomic mass is 16.5. The Labute approximate surface area is 77.4 Å². The van der Waals surface area contributed by atoms with Crippen LogP contribution in [0.5, 0.6) is 0 Å². The molecule has 1 aliphatic rings. The average Bonchev–Trinajstić information content (AvgIpc) is 2.18. The van der Waals surface area contributed by atoms with Gasteiger partial charge in [-0.15, -0.1) is 5.26 Å². The monoisotopic (exact) mass is 183 g/mol. The van der Waals surface area contributed by atoms with Crippen molar-refractivity contribution in [3.8, 4) is 6.26 Å². The molecule has 1 aliphatic heterocycles. The van der Waals surface area contributed by atoms with Gasteiger partial charge >= 0.3 is 5.97 Å². The van der Waals surface area contributed by atoms with E-state index in [1.165, 1.54) is 6.26 Å². The van der Waals surface area contributed by atoms with Crippen molar-refractivity contribution >= 4 is 5.97 Å². The highest BCUT2D eigenvalue weighted by Gasteiger charge is 2.28. The Balaban J connectivity index is 2.42. The Morgan fingerprint density at radius 3 is 3.15 bits per heavy atom. The van der Waals surface area contributed by atoms with Gasteiger partial charge in [0.2, 0.25) is 0 Å². The Morgan fingerprint density at radius 2 is 2.54 bits per heavy atom. The lowest BCUT2D eigenvalue weighted by atomic mass is 9.95. The molecule has 1 heterocycles. The summed E-state index contributed by atoms with van der Waals surface area (Å²) in [4.78, 5) is 11.2. The third-order valence-electron chi connectivity index (χ3n) is 2.30. The second-order valence-electron chi connectivity index (χ2n) is 3.13. The van der Waals surface area contributed by atoms with Crippen molar-refractivity contribution in [2.45, 2.75) is 32.3 Å². The number of carbonyl (C=O) groups excluding carboxylic acids is 1. The summed E-state index contributed by atoms with van der Waals surface area (Å²) in [5, 5.41) is 8.17. The van der Waals surface area contributed by atoms with Crippen molar-refractivity contribution in [1.29, 1.82) is 5.26 Å². The van der Waals surface area contributed by atoms with Gasteiger partial charge < -0.3 is 9.47 Å². The molecule has 0 amide bonds. The molecule has 0 radical (unpaired) electrons. The molecule has 72 valence electrons. The molecule has 1 rings (SSSR count). The van der Waals surface area contributed by atoms with Gasteiger partial charge in [-0.2, -0.15) is 0 Å². The van der Waals surface area contributed by atoms with E-state index in [0.717, 1.165) is 6.42 Å². The fourth-order valence-corrected chi connectivity index (χ4v) is 1.51. The quantitative estimate of drug-likeness (QED) is 0.477. The van der Waals surface area contributed by atoms with E-state index in [2.05, 4.69) is 4.74 Å². The summed E-state index contributed by atoms with van der Waals surface area (Å²) in [6.45, 7) is 2.60. The number of hydrogen-bond donors (Lipinski definition) is 0. The number of hydrogen-bond acceptors (Lipinski definition) is 4. The molecule has 1 saturated heterocycles. The first-order chi connectivity index (χ1) is 6.27. The van der Waals surface area contributed by atoms with Crippen LogP contribution in [0.1, 0.15) is 26.2 Å². The molecule has 0 aromatic heterocycles. The van der Waals surface area contributed by atoms with Gasteiger partial charge in [-0.05, 0) is 19.3 Å². The standard InChI is InChI=1S/C9H13NO3/c1-2-8-5-7(3-4-12-8)9(11)13-6-10/h7-8H,2-5H2,1H3. The average molecular weight is 183 g/mol. The van der Waals surface area contributed by atoms with Gasteiger partial charge in [0.05, 0.1) is 12.0 Å². The molecular weight excluding hydrogens is 170 g/mol. The number of rotatable bonds is 2. The lowest BCUT2D eigenvalue weighted by Gasteiger charge is -2.26. The number of carbonyl (C=O) groups is 1. The largest absolute Gasteiger partial charge is 0.378 e. The van der Waals surface area contributed by atoms with Crippen LogP contribution in [0.4, 0.5) is 0 Å². The molecule has 0 spiro atoms. The molecule has 4 nitrogen and oxygen atoms in total. The first kappa shape index (κ1) is 10.0. The van der Waals surface area contributed by atoms with Crippen LogP contribution < -0.4 is 0 Å². The van der Waals surface area contributed by atoms with Crippen LogP contribution in [-0.4, -0.2) is 18.7 Å². The van der Waals surface area contributed by atoms with Gasteiger partial charge in [0.1, 0.15) is 0 Å². The van der Waals surface area contributed by atoms with Crippen molar-refractivity contribution < 1.29 is 14.3 Å². The number of nitriles is 1. The zero-order chi connectivity index (χ0) is 9.68. The highest BCUT2D eigenvalue weighted by molar-refractivity contribution is 5.73. The predicted octanol–water partition coefficient (Wildman–Crippen LogP) is 1.22. The number of esters is 1. The Kier molecular flexibility index (Phi) is 3.71. The summed E-state index contributed by atoms with van der Waals surface area (Å²) in [6, 6.07) is 0. The molecular formula is C9H13NO3. The summed E-state index contributed by atoms with van der Waals surface area (Å²) in [7, 11) is 0. The maximum absolute atomic E-state index is 11.2. The van der Waals surface area contributed by atoms with Gasteiger partial charge in [-0.3, -0.25) is 4.79 Å². The van der Waals surface area contributed by atoms with Crippen LogP contribution in [-0.2, 0) is 14.3 Å². The van der Waals surface area contributed by atoms with E-state index in [0.29, 0.717) is 19.4 Å². The minimum atomic E-state index is -0.413. The van der Waals surface area contributed by atoms with E-state index in [1.807, 2.05) is 6.92 Å². The molecule has 0 aromatic carbocycles. The molecule has 2 unspecified atom stereocenters. The maximum Gasteiger partial charge on any atom is 0.324 e. The SMILES string of the molecule is CCC1CC(C(=O)OC#N)CCO1. The zero-order valence-electron chi connectivity index (χ0n) is 7.66. The third kappa shape index (κ3) is 2.71. The minimum absolute atomic E-state index is 0.144. The molecule has 0 bridgehead atoms. The van der Waals surface area contributed by atoms with Crippen molar-refractivity contribution in [2.24, 2.45) is 5.92 Å². The smallest absolute Gasteiger partial charge is 0.324 e. The predicted molar refractivity (Wildman–Crippen MR) is 44.5 cm³/mol. The summed E-state index contributed by atoms with van der Waals surface area (Å²) >= 11 is 0. The molecule has 1 fully saturated rings. The van der Waals surface area contributed by atoms with E-state index in [1.54, 1.807) is 0 Å². The fourth-order valence-electron chi connectivity index (χ4n) is 1.51. The fraction of sp³-hybridized carbons (Fsp3) is 0.778. The topological polar surface area (TPSA) is 59.3 Å². The molecule has 0 aliphatic carbocycles. The van der Waals surface area contributed by atoms with Crippen LogP contribution in [0.2, 0.25) is 0 Å². The first-order valence-electron chi connectivity index (χ1n) is 4.49. The van der Waals surface area contributed by atoms with Crippen LogP contribution in [0.3, 0.4) is 0 Å². The normalized spacial score (nSPS) is 27.7. The van der Waals surface area contributed by atoms with E-state index in [9.17, 15) is 4.79 Å². The summed E-state index contributed by atoms with van der Waals surface area (Å²) in [5.74, 6) is -0.567. The van der Waals surface area contributed by atoms with Crippen molar-refractivity contribution in [1.82, 2.24) is 0 Å². The summed E-state index contributed by atoms with van der Waals surface area (Å²) in [5.41, 5.74) is 0. The summed E-state index contributed by atoms with van der Waals surface area (Å²) in [6.07, 6.45) is 3.79. The van der Waals surface area contributed by atoms with E-state index >= 15 is 0 Å². The lowest BCUT2D eigenvalue weighted by molar-refractivity contribution is -0.147. The van der Waals surface area contributed by atoms with Crippen LogP contribution in [0.15, 0.2) is 0 Å². The van der Waals surface area contributed by atoms with Gasteiger partial charge in [0.25, 0.3) is 6.26 Å². The second kappa shape index (κ2) is 4.83. The minimum Gasteiger partial charge on any atom is -0.378 e. The number of ether oxygens (including phenoxy) is 2. The first-order valence-corrected chi connectivity index (χ1v) is 4.49. The van der Waals surface area contributed by atoms with Gasteiger partial charge in [-0.25, -0.2) is 0 Å². The van der Waals surface area contributed by atoms with Gasteiger partial charge in [0.15, 0.2) is 0 Å². The Morgan fingerprint density at radius 1 is 1.77 bits per heavy atom. The second-order valence-corrected chi connectivity index (χ2v) is 3.13. The van der Waals surface area contributed by atoms with Crippen LogP contribution >= 0.6 is 0 Å². The molecule has 4 heteroatoms. The maximum atomic E-state index is 11.2. The van der Waals surface area contributed by atoms with Gasteiger partial charge in [-0.1, -0.05) is 6.92 Å². The van der Waals surface area contributed by atoms with Gasteiger partial charge in [0, 0.05) is 6.61 Å². The number of nitrogens with zero attached hydrogens (tertiary/aromatic N) is 1. The highest BCUT2D eigenvalue weighted by Crippen LogP contribution is 2.22. The van der Waals surface area contributed by atoms with Crippen molar-refractivity contribution in [3.05, 3.63) is 0 Å². The van der Waals surface area contributed by atoms with E-state index in [4.69, 9.17) is 10.00 Å². The molecule has 2 atom stereocenters. The van der Waals surface area contributed by atoms with E-state index in [-0.39, 0.29) is 12.0 Å². The molecule has 13 heavy (non-hydrogen) atoms. The van der Waals surface area contributed by atoms with Crippen LogP contribution in [0.25, 0.3) is 0 Å². The van der Waals surface area contributed by atoms with E-state index < -0.39 is 5.97 Å². The Bertz CT molecular complexity index is 221. The molecule has 0 saturated carbocycles. The Hall–Kier alpha value is -1.08. The van der Waals surface area contributed by atoms with Crippen molar-refractivity contribution in [2.75, 3.05) is 6.61 Å². The molecule has 0 N–H and O–H groups in total. The molecule has 0 aromatic rings. The van der Waals surface area contributed by atoms with Crippen molar-refractivity contribution in [3.63, 3.8) is 0 Å². The van der Waals surface area contributed by atoms with Crippen LogP contribution in [0, 0.1) is 17.4 Å².